The lowest BCUT2D eigenvalue weighted by Gasteiger charge is -2.20. The number of anilines is 1. The zero-order chi connectivity index (χ0) is 22.5. The van der Waals surface area contributed by atoms with Gasteiger partial charge in [-0.15, -0.1) is 0 Å². The Morgan fingerprint density at radius 1 is 1.26 bits per heavy atom. The summed E-state index contributed by atoms with van der Waals surface area (Å²) in [7, 11) is 6.99. The van der Waals surface area contributed by atoms with Gasteiger partial charge in [0.25, 0.3) is 5.91 Å². The average Bonchev–Trinajstić information content (AvgIpc) is 3.12. The van der Waals surface area contributed by atoms with E-state index < -0.39 is 5.82 Å². The van der Waals surface area contributed by atoms with Gasteiger partial charge in [-0.3, -0.25) is 9.59 Å². The van der Waals surface area contributed by atoms with Crippen LogP contribution in [0.1, 0.15) is 34.2 Å². The van der Waals surface area contributed by atoms with Crippen LogP contribution < -0.4 is 4.90 Å². The maximum absolute atomic E-state index is 13.5. The van der Waals surface area contributed by atoms with E-state index in [2.05, 4.69) is 9.97 Å². The summed E-state index contributed by atoms with van der Waals surface area (Å²) in [6, 6.07) is 7.47. The van der Waals surface area contributed by atoms with Gasteiger partial charge < -0.3 is 19.4 Å². The van der Waals surface area contributed by atoms with Crippen molar-refractivity contribution in [1.82, 2.24) is 19.8 Å². The largest absolute Gasteiger partial charge is 0.383 e. The van der Waals surface area contributed by atoms with Crippen LogP contribution in [0.4, 0.5) is 10.2 Å². The molecule has 3 rings (SSSR count). The number of benzene rings is 1. The molecule has 8 nitrogen and oxygen atoms in total. The molecule has 1 atom stereocenters. The molecule has 0 saturated carbocycles. The number of carbonyl (C=O) groups is 2. The van der Waals surface area contributed by atoms with Gasteiger partial charge in [0, 0.05) is 65.3 Å². The van der Waals surface area contributed by atoms with Gasteiger partial charge in [0.2, 0.25) is 5.91 Å². The highest BCUT2D eigenvalue weighted by atomic mass is 19.1. The van der Waals surface area contributed by atoms with Crippen LogP contribution >= 0.6 is 0 Å². The summed E-state index contributed by atoms with van der Waals surface area (Å²) in [5, 5.41) is 0. The molecule has 2 amide bonds. The highest BCUT2D eigenvalue weighted by Gasteiger charge is 2.32. The lowest BCUT2D eigenvalue weighted by molar-refractivity contribution is -0.128. The molecule has 1 aromatic carbocycles. The molecule has 1 aliphatic heterocycles. The van der Waals surface area contributed by atoms with Crippen molar-refractivity contribution < 1.29 is 18.7 Å². The van der Waals surface area contributed by atoms with Crippen molar-refractivity contribution in [2.45, 2.75) is 18.9 Å². The molecule has 0 N–H and O–H groups in total. The fourth-order valence-electron chi connectivity index (χ4n) is 3.53. The minimum atomic E-state index is -0.462. The van der Waals surface area contributed by atoms with E-state index in [1.807, 2.05) is 25.1 Å². The summed E-state index contributed by atoms with van der Waals surface area (Å²) in [6.07, 6.45) is 0.380. The van der Waals surface area contributed by atoms with E-state index in [1.54, 1.807) is 25.1 Å². The van der Waals surface area contributed by atoms with E-state index in [9.17, 15) is 14.0 Å². The van der Waals surface area contributed by atoms with E-state index in [0.717, 1.165) is 5.69 Å². The summed E-state index contributed by atoms with van der Waals surface area (Å²) in [4.78, 5) is 39.4. The van der Waals surface area contributed by atoms with Crippen LogP contribution in [0.2, 0.25) is 0 Å². The molecule has 2 heterocycles. The average molecular weight is 429 g/mol. The fourth-order valence-corrected chi connectivity index (χ4v) is 3.53. The molecule has 0 spiro atoms. The number of hydrogen-bond donors (Lipinski definition) is 0. The molecule has 1 aliphatic rings. The van der Waals surface area contributed by atoms with Crippen LogP contribution in [-0.4, -0.2) is 79.5 Å². The molecule has 2 aromatic rings. The fraction of sp³-hybridized carbons (Fsp3) is 0.455. The van der Waals surface area contributed by atoms with E-state index in [4.69, 9.17) is 4.74 Å². The zero-order valence-electron chi connectivity index (χ0n) is 18.3. The van der Waals surface area contributed by atoms with Gasteiger partial charge in [0.05, 0.1) is 18.8 Å². The molecule has 31 heavy (non-hydrogen) atoms. The van der Waals surface area contributed by atoms with Crippen molar-refractivity contribution in [3.05, 3.63) is 53.2 Å². The van der Waals surface area contributed by atoms with Crippen LogP contribution in [-0.2, 0) is 16.1 Å². The Hall–Kier alpha value is -3.07. The first kappa shape index (κ1) is 22.6. The Kier molecular flexibility index (Phi) is 7.17. The van der Waals surface area contributed by atoms with Crippen molar-refractivity contribution in [3.8, 4) is 0 Å². The second kappa shape index (κ2) is 9.82. The third-order valence-corrected chi connectivity index (χ3v) is 5.23. The molecule has 1 saturated heterocycles. The summed E-state index contributed by atoms with van der Waals surface area (Å²) in [5.74, 6) is 0.421. The number of amides is 2. The number of aromatic nitrogens is 2. The Bertz CT molecular complexity index is 952. The Morgan fingerprint density at radius 3 is 2.71 bits per heavy atom. The van der Waals surface area contributed by atoms with E-state index in [0.29, 0.717) is 37.8 Å². The quantitative estimate of drug-likeness (QED) is 0.638. The van der Waals surface area contributed by atoms with E-state index in [-0.39, 0.29) is 29.8 Å². The summed E-state index contributed by atoms with van der Waals surface area (Å²) < 4.78 is 18.6. The first-order valence-electron chi connectivity index (χ1n) is 10.1. The predicted octanol–water partition coefficient (Wildman–Crippen LogP) is 1.92. The van der Waals surface area contributed by atoms with Crippen LogP contribution in [0, 0.1) is 5.82 Å². The second-order valence-electron chi connectivity index (χ2n) is 7.87. The predicted molar refractivity (Wildman–Crippen MR) is 114 cm³/mol. The Balaban J connectivity index is 1.80. The van der Waals surface area contributed by atoms with Gasteiger partial charge in [-0.2, -0.15) is 0 Å². The number of ether oxygens (including phenoxy) is 1. The van der Waals surface area contributed by atoms with Crippen LogP contribution in [0.15, 0.2) is 30.3 Å². The molecule has 0 aliphatic carbocycles. The van der Waals surface area contributed by atoms with Gasteiger partial charge in [-0.1, -0.05) is 6.07 Å². The number of rotatable bonds is 8. The lowest BCUT2D eigenvalue weighted by atomic mass is 10.0. The Labute approximate surface area is 181 Å². The normalized spacial score (nSPS) is 16.0. The standard InChI is InChI=1S/C22H28FN5O3/c1-26(2)20-12-18(16-11-21(29)28(13-16)8-9-31-4)24-19(25-20)14-27(3)22(30)15-6-5-7-17(23)10-15/h5-7,10,12,16H,8-9,11,13-14H2,1-4H3. The van der Waals surface area contributed by atoms with Gasteiger partial charge >= 0.3 is 0 Å². The highest BCUT2D eigenvalue weighted by Crippen LogP contribution is 2.28. The van der Waals surface area contributed by atoms with Gasteiger partial charge in [-0.25, -0.2) is 14.4 Å². The van der Waals surface area contributed by atoms with Crippen molar-refractivity contribution in [1.29, 1.82) is 0 Å². The lowest BCUT2D eigenvalue weighted by Crippen LogP contribution is -2.29. The molecule has 0 radical (unpaired) electrons. The molecule has 166 valence electrons. The van der Waals surface area contributed by atoms with Crippen LogP contribution in [0.5, 0.6) is 0 Å². The highest BCUT2D eigenvalue weighted by molar-refractivity contribution is 5.93. The third-order valence-electron chi connectivity index (χ3n) is 5.23. The van der Waals surface area contributed by atoms with Gasteiger partial charge in [-0.05, 0) is 18.2 Å². The maximum Gasteiger partial charge on any atom is 0.254 e. The zero-order valence-corrected chi connectivity index (χ0v) is 18.3. The van der Waals surface area contributed by atoms with Crippen LogP contribution in [0.25, 0.3) is 0 Å². The first-order chi connectivity index (χ1) is 14.8. The number of methoxy groups -OCH3 is 1. The molecule has 1 aromatic heterocycles. The third kappa shape index (κ3) is 5.55. The number of likely N-dealkylation sites (tertiary alicyclic amines) is 1. The second-order valence-corrected chi connectivity index (χ2v) is 7.87. The molecule has 0 bridgehead atoms. The molecular formula is C22H28FN5O3. The van der Waals surface area contributed by atoms with Crippen molar-refractivity contribution in [2.24, 2.45) is 0 Å². The van der Waals surface area contributed by atoms with Gasteiger partial charge in [0.1, 0.15) is 17.5 Å². The van der Waals surface area contributed by atoms with E-state index in [1.165, 1.54) is 23.1 Å². The first-order valence-corrected chi connectivity index (χ1v) is 10.1. The number of nitrogens with zero attached hydrogens (tertiary/aromatic N) is 5. The molecule has 1 fully saturated rings. The van der Waals surface area contributed by atoms with Crippen molar-refractivity contribution in [2.75, 3.05) is 52.8 Å². The van der Waals surface area contributed by atoms with E-state index >= 15 is 0 Å². The smallest absolute Gasteiger partial charge is 0.254 e. The molecule has 9 heteroatoms. The summed E-state index contributed by atoms with van der Waals surface area (Å²) in [5.41, 5.74) is 1.04. The van der Waals surface area contributed by atoms with Crippen LogP contribution in [0.3, 0.4) is 0 Å². The maximum atomic E-state index is 13.5. The molecular weight excluding hydrogens is 401 g/mol. The number of hydrogen-bond acceptors (Lipinski definition) is 6. The minimum Gasteiger partial charge on any atom is -0.383 e. The van der Waals surface area contributed by atoms with Crippen molar-refractivity contribution in [3.63, 3.8) is 0 Å². The SMILES string of the molecule is COCCN1CC(c2cc(N(C)C)nc(CN(C)C(=O)c3cccc(F)c3)n2)CC1=O. The summed E-state index contributed by atoms with van der Waals surface area (Å²) in [6.45, 7) is 1.78. The molecule has 1 unspecified atom stereocenters. The van der Waals surface area contributed by atoms with Crippen molar-refractivity contribution >= 4 is 17.6 Å². The Morgan fingerprint density at radius 2 is 2.03 bits per heavy atom. The topological polar surface area (TPSA) is 78.9 Å². The number of carbonyl (C=O) groups excluding carboxylic acids is 2. The minimum absolute atomic E-state index is 0.0472. The number of halogens is 1. The van der Waals surface area contributed by atoms with Gasteiger partial charge in [0.15, 0.2) is 0 Å². The monoisotopic (exact) mass is 429 g/mol. The summed E-state index contributed by atoms with van der Waals surface area (Å²) >= 11 is 0.